The summed E-state index contributed by atoms with van der Waals surface area (Å²) in [6.07, 6.45) is 1.60. The lowest BCUT2D eigenvalue weighted by Gasteiger charge is -2.24. The average Bonchev–Trinajstić information content (AvgIpc) is 2.56. The smallest absolute Gasteiger partial charge is 0.367 e. The molecule has 1 aromatic rings. The van der Waals surface area contributed by atoms with E-state index in [-0.39, 0.29) is 24.9 Å². The molecular formula is C18H30O6P2. The molecule has 1 unspecified atom stereocenters. The summed E-state index contributed by atoms with van der Waals surface area (Å²) >= 11 is 0. The Bertz CT molecular complexity index is 731. The van der Waals surface area contributed by atoms with Crippen molar-refractivity contribution >= 4 is 21.0 Å². The van der Waals surface area contributed by atoms with Gasteiger partial charge in [0.2, 0.25) is 7.37 Å². The lowest BCUT2D eigenvalue weighted by Crippen LogP contribution is -2.02. The zero-order valence-electron chi connectivity index (χ0n) is 16.7. The van der Waals surface area contributed by atoms with Gasteiger partial charge in [-0.05, 0) is 69.5 Å². The SMILES string of the molecule is CCOP(C)(=O)/C(=C\c1cc(OC)cc(C)c1C)P(=O)(OCC)OCC. The maximum atomic E-state index is 13.4. The molecule has 148 valence electrons. The van der Waals surface area contributed by atoms with Crippen LogP contribution in [0.3, 0.4) is 0 Å². The number of rotatable bonds is 10. The quantitative estimate of drug-likeness (QED) is 0.458. The molecule has 8 heteroatoms. The summed E-state index contributed by atoms with van der Waals surface area (Å²) in [5.41, 5.74) is 2.69. The first kappa shape index (κ1) is 23.1. The Hall–Kier alpha value is -0.900. The molecule has 1 atom stereocenters. The molecule has 0 fully saturated rings. The molecule has 0 spiro atoms. The lowest BCUT2D eigenvalue weighted by molar-refractivity contribution is 0.227. The van der Waals surface area contributed by atoms with E-state index in [4.69, 9.17) is 18.3 Å². The van der Waals surface area contributed by atoms with Gasteiger partial charge in [-0.2, -0.15) is 0 Å². The molecule has 1 aromatic carbocycles. The van der Waals surface area contributed by atoms with E-state index in [9.17, 15) is 9.13 Å². The van der Waals surface area contributed by atoms with Crippen molar-refractivity contribution in [3.05, 3.63) is 33.9 Å². The van der Waals surface area contributed by atoms with Gasteiger partial charge in [-0.3, -0.25) is 9.13 Å². The van der Waals surface area contributed by atoms with Crippen LogP contribution in [0.15, 0.2) is 17.2 Å². The van der Waals surface area contributed by atoms with E-state index >= 15 is 0 Å². The van der Waals surface area contributed by atoms with Crippen LogP contribution in [0.25, 0.3) is 6.08 Å². The average molecular weight is 404 g/mol. The fourth-order valence-corrected chi connectivity index (χ4v) is 7.11. The van der Waals surface area contributed by atoms with E-state index in [2.05, 4.69) is 0 Å². The molecular weight excluding hydrogens is 374 g/mol. The van der Waals surface area contributed by atoms with Crippen molar-refractivity contribution in [1.29, 1.82) is 0 Å². The first-order valence-electron chi connectivity index (χ1n) is 8.64. The maximum Gasteiger partial charge on any atom is 0.367 e. The van der Waals surface area contributed by atoms with Gasteiger partial charge in [0, 0.05) is 6.66 Å². The minimum absolute atomic E-state index is 0.0614. The number of hydrogen-bond donors (Lipinski definition) is 0. The zero-order chi connectivity index (χ0) is 20.0. The number of methoxy groups -OCH3 is 1. The molecule has 0 heterocycles. The molecule has 0 aliphatic carbocycles. The lowest BCUT2D eigenvalue weighted by atomic mass is 10.0. The standard InChI is InChI=1S/C18H30O6P2/c1-8-22-25(7,19)18(26(20,23-9-2)24-10-3)13-16-12-17(21-6)11-14(4)15(16)5/h11-13H,8-10H2,1-7H3/b18-13+. The van der Waals surface area contributed by atoms with Gasteiger partial charge >= 0.3 is 7.60 Å². The van der Waals surface area contributed by atoms with Crippen LogP contribution in [-0.4, -0.2) is 33.6 Å². The predicted octanol–water partition coefficient (Wildman–Crippen LogP) is 5.82. The normalized spacial score (nSPS) is 15.0. The minimum atomic E-state index is -3.77. The van der Waals surface area contributed by atoms with Crippen molar-refractivity contribution in [3.8, 4) is 5.75 Å². The van der Waals surface area contributed by atoms with E-state index in [1.165, 1.54) is 6.66 Å². The first-order valence-corrected chi connectivity index (χ1v) is 12.3. The molecule has 0 aromatic heterocycles. The van der Waals surface area contributed by atoms with E-state index in [0.29, 0.717) is 5.75 Å². The number of aryl methyl sites for hydroxylation is 1. The molecule has 0 amide bonds. The molecule has 0 radical (unpaired) electrons. The van der Waals surface area contributed by atoms with Gasteiger partial charge < -0.3 is 18.3 Å². The highest BCUT2D eigenvalue weighted by molar-refractivity contribution is 7.81. The third-order valence-electron chi connectivity index (χ3n) is 3.87. The third-order valence-corrected chi connectivity index (χ3v) is 9.30. The summed E-state index contributed by atoms with van der Waals surface area (Å²) in [7, 11) is -5.59. The first-order chi connectivity index (χ1) is 12.1. The van der Waals surface area contributed by atoms with Crippen molar-refractivity contribution in [2.75, 3.05) is 33.6 Å². The van der Waals surface area contributed by atoms with Gasteiger partial charge in [-0.15, -0.1) is 0 Å². The van der Waals surface area contributed by atoms with Crippen LogP contribution in [0.1, 0.15) is 37.5 Å². The fraction of sp³-hybridized carbons (Fsp3) is 0.556. The van der Waals surface area contributed by atoms with E-state index in [1.807, 2.05) is 19.9 Å². The Balaban J connectivity index is 3.71. The second kappa shape index (κ2) is 9.87. The number of benzene rings is 1. The molecule has 6 nitrogen and oxygen atoms in total. The second-order valence-corrected chi connectivity index (χ2v) is 10.5. The highest BCUT2D eigenvalue weighted by Crippen LogP contribution is 2.72. The summed E-state index contributed by atoms with van der Waals surface area (Å²) < 4.78 is 48.3. The Morgan fingerprint density at radius 1 is 1.00 bits per heavy atom. The topological polar surface area (TPSA) is 71.1 Å². The molecule has 0 saturated carbocycles. The van der Waals surface area contributed by atoms with Crippen LogP contribution in [0.4, 0.5) is 0 Å². The number of ether oxygens (including phenoxy) is 1. The Morgan fingerprint density at radius 3 is 2.00 bits per heavy atom. The molecule has 1 rings (SSSR count). The fourth-order valence-electron chi connectivity index (χ4n) is 2.50. The zero-order valence-corrected chi connectivity index (χ0v) is 18.5. The summed E-state index contributed by atoms with van der Waals surface area (Å²) in [6.45, 7) is 11.0. The molecule has 0 aliphatic rings. The summed E-state index contributed by atoms with van der Waals surface area (Å²) in [5, 5.41) is 0.0614. The molecule has 0 N–H and O–H groups in total. The van der Waals surface area contributed by atoms with Crippen LogP contribution in [0.5, 0.6) is 5.75 Å². The van der Waals surface area contributed by atoms with Crippen molar-refractivity contribution in [2.24, 2.45) is 0 Å². The van der Waals surface area contributed by atoms with Gasteiger partial charge in [0.15, 0.2) is 0 Å². The largest absolute Gasteiger partial charge is 0.497 e. The molecule has 26 heavy (non-hydrogen) atoms. The van der Waals surface area contributed by atoms with Gasteiger partial charge in [-0.25, -0.2) is 0 Å². The monoisotopic (exact) mass is 404 g/mol. The van der Waals surface area contributed by atoms with Crippen molar-refractivity contribution in [1.82, 2.24) is 0 Å². The number of hydrogen-bond acceptors (Lipinski definition) is 6. The van der Waals surface area contributed by atoms with E-state index in [1.54, 1.807) is 40.0 Å². The Kier molecular flexibility index (Phi) is 8.78. The van der Waals surface area contributed by atoms with Crippen molar-refractivity contribution in [3.63, 3.8) is 0 Å². The van der Waals surface area contributed by atoms with Crippen LogP contribution >= 0.6 is 15.0 Å². The Morgan fingerprint density at radius 2 is 1.54 bits per heavy atom. The van der Waals surface area contributed by atoms with E-state index in [0.717, 1.165) is 16.7 Å². The van der Waals surface area contributed by atoms with Crippen molar-refractivity contribution < 1.29 is 27.4 Å². The van der Waals surface area contributed by atoms with E-state index < -0.39 is 15.0 Å². The molecule has 0 aliphatic heterocycles. The van der Waals surface area contributed by atoms with Gasteiger partial charge in [0.1, 0.15) is 10.8 Å². The third kappa shape index (κ3) is 5.55. The second-order valence-electron chi connectivity index (χ2n) is 5.76. The summed E-state index contributed by atoms with van der Waals surface area (Å²) in [5.74, 6) is 0.656. The summed E-state index contributed by atoms with van der Waals surface area (Å²) in [4.78, 5) is 0. The van der Waals surface area contributed by atoms with Gasteiger partial charge in [-0.1, -0.05) is 0 Å². The predicted molar refractivity (Wildman–Crippen MR) is 106 cm³/mol. The maximum absolute atomic E-state index is 13.4. The highest BCUT2D eigenvalue weighted by Gasteiger charge is 2.40. The van der Waals surface area contributed by atoms with Crippen LogP contribution in [-0.2, 0) is 22.7 Å². The van der Waals surface area contributed by atoms with Gasteiger partial charge in [0.25, 0.3) is 0 Å². The van der Waals surface area contributed by atoms with Crippen molar-refractivity contribution in [2.45, 2.75) is 34.6 Å². The van der Waals surface area contributed by atoms with Gasteiger partial charge in [0.05, 0.1) is 26.9 Å². The van der Waals surface area contributed by atoms with Crippen LogP contribution < -0.4 is 4.74 Å². The summed E-state index contributed by atoms with van der Waals surface area (Å²) in [6, 6.07) is 3.71. The molecule has 0 saturated heterocycles. The highest BCUT2D eigenvalue weighted by atomic mass is 31.2. The Labute approximate surface area is 156 Å². The molecule has 0 bridgehead atoms. The van der Waals surface area contributed by atoms with Crippen LogP contribution in [0.2, 0.25) is 0 Å². The minimum Gasteiger partial charge on any atom is -0.497 e. The van der Waals surface area contributed by atoms with Crippen LogP contribution in [0, 0.1) is 13.8 Å².